The number of carboxylic acids is 1. The van der Waals surface area contributed by atoms with Gasteiger partial charge in [0.15, 0.2) is 0 Å². The van der Waals surface area contributed by atoms with Crippen LogP contribution in [-0.2, 0) is 0 Å². The van der Waals surface area contributed by atoms with Crippen LogP contribution in [-0.4, -0.2) is 38.6 Å². The molecule has 0 radical (unpaired) electrons. The highest BCUT2D eigenvalue weighted by Crippen LogP contribution is 2.15. The van der Waals surface area contributed by atoms with Gasteiger partial charge in [-0.3, -0.25) is 5.10 Å². The van der Waals surface area contributed by atoms with Gasteiger partial charge in [0.2, 0.25) is 5.16 Å². The number of carbonyl (C=O) groups is 1. The van der Waals surface area contributed by atoms with Gasteiger partial charge in [-0.15, -0.1) is 5.10 Å². The highest BCUT2D eigenvalue weighted by molar-refractivity contribution is 7.99. The van der Waals surface area contributed by atoms with E-state index in [0.717, 1.165) is 11.6 Å². The van der Waals surface area contributed by atoms with Gasteiger partial charge in [0, 0.05) is 5.75 Å². The molecule has 0 spiro atoms. The molecule has 19 heavy (non-hydrogen) atoms. The zero-order chi connectivity index (χ0) is 13.7. The van der Waals surface area contributed by atoms with E-state index in [1.807, 2.05) is 6.92 Å². The molecule has 7 heteroatoms. The highest BCUT2D eigenvalue weighted by atomic mass is 32.2. The Bertz CT molecular complexity index is 554. The van der Waals surface area contributed by atoms with Crippen molar-refractivity contribution in [2.24, 2.45) is 0 Å². The van der Waals surface area contributed by atoms with Crippen molar-refractivity contribution in [2.75, 3.05) is 12.4 Å². The molecule has 0 amide bonds. The lowest BCUT2D eigenvalue weighted by molar-refractivity contribution is 0.0697. The van der Waals surface area contributed by atoms with Gasteiger partial charge in [0.25, 0.3) is 0 Å². The molecule has 100 valence electrons. The van der Waals surface area contributed by atoms with Crippen LogP contribution < -0.4 is 4.74 Å². The van der Waals surface area contributed by atoms with Crippen molar-refractivity contribution in [3.05, 3.63) is 35.7 Å². The number of rotatable bonds is 6. The summed E-state index contributed by atoms with van der Waals surface area (Å²) in [5, 5.41) is 16.2. The molecule has 0 bridgehead atoms. The summed E-state index contributed by atoms with van der Waals surface area (Å²) in [5.41, 5.74) is 0.248. The molecule has 1 aromatic heterocycles. The second-order valence-electron chi connectivity index (χ2n) is 3.73. The van der Waals surface area contributed by atoms with E-state index in [2.05, 4.69) is 15.2 Å². The van der Waals surface area contributed by atoms with Gasteiger partial charge in [-0.2, -0.15) is 0 Å². The van der Waals surface area contributed by atoms with Crippen LogP contribution in [0.2, 0.25) is 0 Å². The molecule has 1 heterocycles. The predicted molar refractivity (Wildman–Crippen MR) is 70.7 cm³/mol. The Labute approximate surface area is 114 Å². The number of benzene rings is 1. The number of thioether (sulfide) groups is 1. The molecular weight excluding hydrogens is 266 g/mol. The van der Waals surface area contributed by atoms with Crippen molar-refractivity contribution in [2.45, 2.75) is 12.1 Å². The summed E-state index contributed by atoms with van der Waals surface area (Å²) in [5.74, 6) is 1.21. The third kappa shape index (κ3) is 3.99. The SMILES string of the molecule is Cc1nc(SCCOc2ccc(C(=O)O)cc2)n[nH]1. The normalized spacial score (nSPS) is 10.4. The van der Waals surface area contributed by atoms with E-state index in [0.29, 0.717) is 17.5 Å². The molecule has 0 aliphatic carbocycles. The first-order valence-corrected chi connectivity index (χ1v) is 6.61. The minimum Gasteiger partial charge on any atom is -0.493 e. The Kier molecular flexibility index (Phi) is 4.40. The Morgan fingerprint density at radius 1 is 1.42 bits per heavy atom. The lowest BCUT2D eigenvalue weighted by Crippen LogP contribution is -2.01. The molecule has 0 aliphatic heterocycles. The second kappa shape index (κ2) is 6.24. The first kappa shape index (κ1) is 13.4. The standard InChI is InChI=1S/C12H13N3O3S/c1-8-13-12(15-14-8)19-7-6-18-10-4-2-9(3-5-10)11(16)17/h2-5H,6-7H2,1H3,(H,16,17)(H,13,14,15). The number of aromatic nitrogens is 3. The molecule has 2 rings (SSSR count). The third-order valence-corrected chi connectivity index (χ3v) is 3.07. The van der Waals surface area contributed by atoms with Crippen molar-refractivity contribution in [1.82, 2.24) is 15.2 Å². The molecule has 2 N–H and O–H groups in total. The van der Waals surface area contributed by atoms with Gasteiger partial charge < -0.3 is 9.84 Å². The molecule has 0 saturated carbocycles. The number of nitrogens with zero attached hydrogens (tertiary/aromatic N) is 2. The maximum atomic E-state index is 10.7. The Morgan fingerprint density at radius 3 is 2.74 bits per heavy atom. The molecule has 6 nitrogen and oxygen atoms in total. The number of hydrogen-bond acceptors (Lipinski definition) is 5. The topological polar surface area (TPSA) is 88.1 Å². The Morgan fingerprint density at radius 2 is 2.16 bits per heavy atom. The lowest BCUT2D eigenvalue weighted by Gasteiger charge is -2.05. The number of hydrogen-bond donors (Lipinski definition) is 2. The van der Waals surface area contributed by atoms with Crippen molar-refractivity contribution >= 4 is 17.7 Å². The number of aryl methyl sites for hydroxylation is 1. The van der Waals surface area contributed by atoms with E-state index < -0.39 is 5.97 Å². The van der Waals surface area contributed by atoms with E-state index >= 15 is 0 Å². The van der Waals surface area contributed by atoms with E-state index in [4.69, 9.17) is 9.84 Å². The summed E-state index contributed by atoms with van der Waals surface area (Å²) < 4.78 is 5.49. The largest absolute Gasteiger partial charge is 0.493 e. The summed E-state index contributed by atoms with van der Waals surface area (Å²) in [6, 6.07) is 6.32. The molecule has 0 atom stereocenters. The number of ether oxygens (including phenoxy) is 1. The zero-order valence-corrected chi connectivity index (χ0v) is 11.1. The van der Waals surface area contributed by atoms with E-state index in [1.165, 1.54) is 23.9 Å². The molecule has 0 unspecified atom stereocenters. The van der Waals surface area contributed by atoms with Crippen LogP contribution >= 0.6 is 11.8 Å². The number of nitrogens with one attached hydrogen (secondary N) is 1. The van der Waals surface area contributed by atoms with Crippen LogP contribution in [0.4, 0.5) is 0 Å². The fraction of sp³-hybridized carbons (Fsp3) is 0.250. The van der Waals surface area contributed by atoms with E-state index in [-0.39, 0.29) is 5.56 Å². The Balaban J connectivity index is 1.75. The second-order valence-corrected chi connectivity index (χ2v) is 4.79. The van der Waals surface area contributed by atoms with Gasteiger partial charge in [0.05, 0.1) is 12.2 Å². The first-order chi connectivity index (χ1) is 9.15. The number of H-pyrrole nitrogens is 1. The van der Waals surface area contributed by atoms with Gasteiger partial charge in [0.1, 0.15) is 11.6 Å². The summed E-state index contributed by atoms with van der Waals surface area (Å²) in [6.07, 6.45) is 0. The minimum absolute atomic E-state index is 0.248. The fourth-order valence-electron chi connectivity index (χ4n) is 1.37. The molecular formula is C12H13N3O3S. The van der Waals surface area contributed by atoms with Crippen LogP contribution in [0.3, 0.4) is 0 Å². The number of aromatic amines is 1. The lowest BCUT2D eigenvalue weighted by atomic mass is 10.2. The molecule has 0 saturated heterocycles. The summed E-state index contributed by atoms with van der Waals surface area (Å²) in [6.45, 7) is 2.35. The average Bonchev–Trinajstić information content (AvgIpc) is 2.81. The summed E-state index contributed by atoms with van der Waals surface area (Å²) >= 11 is 1.50. The van der Waals surface area contributed by atoms with Gasteiger partial charge >= 0.3 is 5.97 Å². The minimum atomic E-state index is -0.943. The van der Waals surface area contributed by atoms with Crippen molar-refractivity contribution < 1.29 is 14.6 Å². The van der Waals surface area contributed by atoms with Crippen LogP contribution in [0.1, 0.15) is 16.2 Å². The van der Waals surface area contributed by atoms with Crippen LogP contribution in [0.5, 0.6) is 5.75 Å². The van der Waals surface area contributed by atoms with Gasteiger partial charge in [-0.05, 0) is 31.2 Å². The van der Waals surface area contributed by atoms with Gasteiger partial charge in [-0.25, -0.2) is 9.78 Å². The molecule has 2 aromatic rings. The smallest absolute Gasteiger partial charge is 0.335 e. The van der Waals surface area contributed by atoms with E-state index in [1.54, 1.807) is 12.1 Å². The van der Waals surface area contributed by atoms with Gasteiger partial charge in [-0.1, -0.05) is 11.8 Å². The quantitative estimate of drug-likeness (QED) is 0.621. The van der Waals surface area contributed by atoms with Crippen LogP contribution in [0.15, 0.2) is 29.4 Å². The van der Waals surface area contributed by atoms with E-state index in [9.17, 15) is 4.79 Å². The number of aromatic carboxylic acids is 1. The Hall–Kier alpha value is -2.02. The fourth-order valence-corrected chi connectivity index (χ4v) is 2.03. The maximum absolute atomic E-state index is 10.7. The molecule has 0 fully saturated rings. The summed E-state index contributed by atoms with van der Waals surface area (Å²) in [7, 11) is 0. The maximum Gasteiger partial charge on any atom is 0.335 e. The number of carboxylic acid groups (broad SMARTS) is 1. The molecule has 1 aromatic carbocycles. The first-order valence-electron chi connectivity index (χ1n) is 5.63. The van der Waals surface area contributed by atoms with Crippen LogP contribution in [0, 0.1) is 6.92 Å². The van der Waals surface area contributed by atoms with Crippen LogP contribution in [0.25, 0.3) is 0 Å². The molecule has 0 aliphatic rings. The third-order valence-electron chi connectivity index (χ3n) is 2.26. The predicted octanol–water partition coefficient (Wildman–Crippen LogP) is 1.98. The van der Waals surface area contributed by atoms with Crippen molar-refractivity contribution in [3.63, 3.8) is 0 Å². The summed E-state index contributed by atoms with van der Waals surface area (Å²) in [4.78, 5) is 14.8. The van der Waals surface area contributed by atoms with Crippen molar-refractivity contribution in [1.29, 1.82) is 0 Å². The highest BCUT2D eigenvalue weighted by Gasteiger charge is 2.03. The van der Waals surface area contributed by atoms with Crippen molar-refractivity contribution in [3.8, 4) is 5.75 Å². The monoisotopic (exact) mass is 279 g/mol. The zero-order valence-electron chi connectivity index (χ0n) is 10.3. The average molecular weight is 279 g/mol.